The highest BCUT2D eigenvalue weighted by Crippen LogP contribution is 2.71. The van der Waals surface area contributed by atoms with Crippen LogP contribution in [0, 0.1) is 11.8 Å². The van der Waals surface area contributed by atoms with Gasteiger partial charge >= 0.3 is 0 Å². The molecule has 2 bridgehead atoms. The zero-order valence-corrected chi connectivity index (χ0v) is 23.8. The lowest BCUT2D eigenvalue weighted by Crippen LogP contribution is -2.56. The Hall–Kier alpha value is -1.88. The van der Waals surface area contributed by atoms with Crippen LogP contribution in [-0.4, -0.2) is 131 Å². The van der Waals surface area contributed by atoms with Crippen LogP contribution in [-0.2, 0) is 19.1 Å². The predicted molar refractivity (Wildman–Crippen MR) is 149 cm³/mol. The zero-order valence-electron chi connectivity index (χ0n) is 23.0. The highest BCUT2D eigenvalue weighted by Gasteiger charge is 2.77. The number of amides is 3. The van der Waals surface area contributed by atoms with Gasteiger partial charge in [0.05, 0.1) is 29.8 Å². The number of aliphatic hydroxyl groups is 1. The number of morpholine rings is 1. The number of likely N-dealkylation sites (N-methyl/N-ethyl adjacent to an activating group) is 1. The standard InChI is InChI=1S/C28H44N4O5S/c1-5-11-29(4)24(34)21-22-25(35)32(13-7-8-18-33)23(28(22)10-9-27(21,3)38-28)26(36)31(12-6-2)15-14-30-16-19-37-20-17-30/h5-6,21-23,33H,1-2,7-20H2,3-4H3/t21-,22+,23?,27+,28?/m1/s1. The van der Waals surface area contributed by atoms with Crippen LogP contribution < -0.4 is 0 Å². The third kappa shape index (κ3) is 5.17. The number of likely N-dealkylation sites (tertiary alicyclic amines) is 1. The van der Waals surface area contributed by atoms with Crippen LogP contribution in [0.15, 0.2) is 25.3 Å². The molecule has 2 unspecified atom stereocenters. The van der Waals surface area contributed by atoms with Crippen molar-refractivity contribution in [2.75, 3.05) is 72.7 Å². The molecule has 0 aromatic heterocycles. The summed E-state index contributed by atoms with van der Waals surface area (Å²) in [4.78, 5) is 49.8. The minimum atomic E-state index is -0.629. The second-order valence-electron chi connectivity index (χ2n) is 11.2. The van der Waals surface area contributed by atoms with Gasteiger partial charge in [0.15, 0.2) is 0 Å². The number of thioether (sulfide) groups is 1. The first kappa shape index (κ1) is 29.1. The molecule has 9 nitrogen and oxygen atoms in total. The number of fused-ring (bicyclic) bond motifs is 1. The molecule has 3 amide bonds. The largest absolute Gasteiger partial charge is 0.396 e. The van der Waals surface area contributed by atoms with Gasteiger partial charge in [-0.2, -0.15) is 0 Å². The fourth-order valence-corrected chi connectivity index (χ4v) is 9.29. The SMILES string of the molecule is C=CCN(C)C(=O)[C@H]1[C@H]2C(=O)N(CCCCO)C(C(=O)N(CC=C)CCN3CCOCC3)C23CC[C@]1(C)S3. The predicted octanol–water partition coefficient (Wildman–Crippen LogP) is 1.23. The molecular weight excluding hydrogens is 504 g/mol. The van der Waals surface area contributed by atoms with E-state index in [9.17, 15) is 19.5 Å². The maximum absolute atomic E-state index is 14.4. The number of unbranched alkanes of at least 4 members (excludes halogenated alkanes) is 1. The molecule has 4 saturated heterocycles. The van der Waals surface area contributed by atoms with Crippen molar-refractivity contribution in [3.8, 4) is 0 Å². The molecule has 4 heterocycles. The third-order valence-corrected chi connectivity index (χ3v) is 10.8. The van der Waals surface area contributed by atoms with Gasteiger partial charge in [0, 0.05) is 64.2 Å². The Labute approximate surface area is 231 Å². The molecule has 0 aromatic carbocycles. The molecule has 0 saturated carbocycles. The highest BCUT2D eigenvalue weighted by atomic mass is 32.2. The van der Waals surface area contributed by atoms with Gasteiger partial charge in [-0.25, -0.2) is 0 Å². The number of hydrogen-bond donors (Lipinski definition) is 1. The lowest BCUT2D eigenvalue weighted by atomic mass is 9.66. The van der Waals surface area contributed by atoms with E-state index in [0.29, 0.717) is 52.2 Å². The van der Waals surface area contributed by atoms with Crippen LogP contribution in [0.3, 0.4) is 0 Å². The Morgan fingerprint density at radius 3 is 2.50 bits per heavy atom. The van der Waals surface area contributed by atoms with Gasteiger partial charge in [-0.15, -0.1) is 24.9 Å². The van der Waals surface area contributed by atoms with Gasteiger partial charge in [-0.1, -0.05) is 12.2 Å². The summed E-state index contributed by atoms with van der Waals surface area (Å²) in [5.41, 5.74) is 0. The molecule has 4 aliphatic heterocycles. The molecule has 4 rings (SSSR count). The number of rotatable bonds is 13. The van der Waals surface area contributed by atoms with E-state index in [-0.39, 0.29) is 29.1 Å². The summed E-state index contributed by atoms with van der Waals surface area (Å²) in [6.45, 7) is 15.4. The second kappa shape index (κ2) is 12.1. The van der Waals surface area contributed by atoms with Crippen molar-refractivity contribution >= 4 is 29.5 Å². The van der Waals surface area contributed by atoms with Gasteiger partial charge in [0.2, 0.25) is 17.7 Å². The number of aliphatic hydroxyl groups excluding tert-OH is 1. The van der Waals surface area contributed by atoms with E-state index in [1.807, 2.05) is 4.90 Å². The molecule has 0 radical (unpaired) electrons. The van der Waals surface area contributed by atoms with Crippen LogP contribution in [0.1, 0.15) is 32.6 Å². The van der Waals surface area contributed by atoms with Gasteiger partial charge in [-0.05, 0) is 32.6 Å². The third-order valence-electron chi connectivity index (χ3n) is 8.81. The molecule has 4 aliphatic rings. The van der Waals surface area contributed by atoms with Crippen molar-refractivity contribution in [1.29, 1.82) is 0 Å². The van der Waals surface area contributed by atoms with E-state index in [1.165, 1.54) is 0 Å². The van der Waals surface area contributed by atoms with Crippen LogP contribution in [0.4, 0.5) is 0 Å². The van der Waals surface area contributed by atoms with Crippen molar-refractivity contribution in [2.45, 2.75) is 48.1 Å². The summed E-state index contributed by atoms with van der Waals surface area (Å²) in [5, 5.41) is 9.39. The minimum Gasteiger partial charge on any atom is -0.396 e. The summed E-state index contributed by atoms with van der Waals surface area (Å²) in [7, 11) is 1.76. The van der Waals surface area contributed by atoms with Crippen LogP contribution in [0.5, 0.6) is 0 Å². The summed E-state index contributed by atoms with van der Waals surface area (Å²) in [6.07, 6.45) is 6.14. The minimum absolute atomic E-state index is 0.0393. The van der Waals surface area contributed by atoms with Crippen molar-refractivity contribution < 1.29 is 24.2 Å². The van der Waals surface area contributed by atoms with Crippen molar-refractivity contribution in [2.24, 2.45) is 11.8 Å². The fraction of sp³-hybridized carbons (Fsp3) is 0.750. The molecule has 1 N–H and O–H groups in total. The summed E-state index contributed by atoms with van der Waals surface area (Å²) >= 11 is 1.70. The van der Waals surface area contributed by atoms with Crippen LogP contribution in [0.2, 0.25) is 0 Å². The van der Waals surface area contributed by atoms with E-state index in [0.717, 1.165) is 32.5 Å². The highest BCUT2D eigenvalue weighted by molar-refractivity contribution is 8.02. The maximum atomic E-state index is 14.4. The van der Waals surface area contributed by atoms with E-state index in [4.69, 9.17) is 4.74 Å². The number of nitrogens with zero attached hydrogens (tertiary/aromatic N) is 4. The normalized spacial score (nSPS) is 32.3. The first-order valence-corrected chi connectivity index (χ1v) is 14.7. The average Bonchev–Trinajstić information content (AvgIpc) is 3.47. The first-order chi connectivity index (χ1) is 18.2. The van der Waals surface area contributed by atoms with Crippen molar-refractivity contribution in [3.63, 3.8) is 0 Å². The average molecular weight is 549 g/mol. The number of carbonyl (C=O) groups excluding carboxylic acids is 3. The van der Waals surface area contributed by atoms with E-state index in [1.54, 1.807) is 40.8 Å². The molecule has 1 spiro atoms. The molecular formula is C28H44N4O5S. The van der Waals surface area contributed by atoms with Gasteiger partial charge in [0.25, 0.3) is 0 Å². The summed E-state index contributed by atoms with van der Waals surface area (Å²) in [5.74, 6) is -1.19. The Kier molecular flexibility index (Phi) is 9.27. The Morgan fingerprint density at radius 2 is 1.84 bits per heavy atom. The van der Waals surface area contributed by atoms with E-state index < -0.39 is 22.6 Å². The smallest absolute Gasteiger partial charge is 0.247 e. The Bertz CT molecular complexity index is 927. The van der Waals surface area contributed by atoms with Crippen molar-refractivity contribution in [1.82, 2.24) is 19.6 Å². The number of carbonyl (C=O) groups is 3. The van der Waals surface area contributed by atoms with Gasteiger partial charge in [0.1, 0.15) is 6.04 Å². The number of hydrogen-bond acceptors (Lipinski definition) is 7. The quantitative estimate of drug-likeness (QED) is 0.273. The molecule has 0 aromatic rings. The van der Waals surface area contributed by atoms with Crippen LogP contribution in [0.25, 0.3) is 0 Å². The molecule has 5 atom stereocenters. The Morgan fingerprint density at radius 1 is 1.13 bits per heavy atom. The summed E-state index contributed by atoms with van der Waals surface area (Å²) in [6, 6.07) is -0.627. The first-order valence-electron chi connectivity index (χ1n) is 13.9. The lowest BCUT2D eigenvalue weighted by Gasteiger charge is -2.38. The Balaban J connectivity index is 1.65. The van der Waals surface area contributed by atoms with E-state index >= 15 is 0 Å². The van der Waals surface area contributed by atoms with Crippen LogP contribution >= 0.6 is 11.8 Å². The zero-order chi connectivity index (χ0) is 27.5. The number of ether oxygens (including phenoxy) is 1. The van der Waals surface area contributed by atoms with E-state index in [2.05, 4.69) is 25.0 Å². The molecule has 212 valence electrons. The molecule has 38 heavy (non-hydrogen) atoms. The maximum Gasteiger partial charge on any atom is 0.247 e. The second-order valence-corrected chi connectivity index (χ2v) is 13.1. The summed E-state index contributed by atoms with van der Waals surface area (Å²) < 4.78 is 4.45. The lowest BCUT2D eigenvalue weighted by molar-refractivity contribution is -0.145. The topological polar surface area (TPSA) is 93.6 Å². The molecule has 0 aliphatic carbocycles. The molecule has 10 heteroatoms. The monoisotopic (exact) mass is 548 g/mol. The van der Waals surface area contributed by atoms with Crippen molar-refractivity contribution in [3.05, 3.63) is 25.3 Å². The fourth-order valence-electron chi connectivity index (χ4n) is 6.94. The van der Waals surface area contributed by atoms with Gasteiger partial charge in [-0.3, -0.25) is 19.3 Å². The molecule has 4 fully saturated rings. The van der Waals surface area contributed by atoms with Gasteiger partial charge < -0.3 is 24.5 Å².